The number of aromatic nitrogens is 1. The molecule has 1 saturated carbocycles. The van der Waals surface area contributed by atoms with E-state index in [0.717, 1.165) is 17.6 Å². The number of nitrogens with zero attached hydrogens (tertiary/aromatic N) is 2. The van der Waals surface area contributed by atoms with E-state index in [-0.39, 0.29) is 11.4 Å². The molecule has 0 unspecified atom stereocenters. The fraction of sp³-hybridized carbons (Fsp3) is 0.619. The van der Waals surface area contributed by atoms with Crippen LogP contribution >= 0.6 is 11.8 Å². The highest BCUT2D eigenvalue weighted by molar-refractivity contribution is 7.99. The molecule has 2 heterocycles. The number of oxazole rings is 1. The maximum absolute atomic E-state index is 12.5. The van der Waals surface area contributed by atoms with Crippen molar-refractivity contribution in [1.82, 2.24) is 15.2 Å². The molecule has 1 aromatic heterocycles. The van der Waals surface area contributed by atoms with Crippen LogP contribution in [0.3, 0.4) is 0 Å². The van der Waals surface area contributed by atoms with Gasteiger partial charge in [0, 0.05) is 12.1 Å². The molecule has 146 valence electrons. The van der Waals surface area contributed by atoms with E-state index in [9.17, 15) is 4.79 Å². The van der Waals surface area contributed by atoms with Crippen LogP contribution in [-0.4, -0.2) is 46.7 Å². The van der Waals surface area contributed by atoms with Crippen LogP contribution in [0.5, 0.6) is 0 Å². The van der Waals surface area contributed by atoms with E-state index in [1.54, 1.807) is 0 Å². The maximum atomic E-state index is 12.5. The Hall–Kier alpha value is -1.53. The summed E-state index contributed by atoms with van der Waals surface area (Å²) in [7, 11) is 0. The molecule has 1 amide bonds. The first kappa shape index (κ1) is 18.8. The maximum Gasteiger partial charge on any atom is 0.257 e. The molecule has 1 aliphatic heterocycles. The van der Waals surface area contributed by atoms with E-state index in [1.165, 1.54) is 76.2 Å². The van der Waals surface area contributed by atoms with Gasteiger partial charge in [0.2, 0.25) is 5.91 Å². The minimum atomic E-state index is 0.0733. The SMILES string of the molecule is O=C(CSc1nc2ccccc2o1)NCC1(N2CCCCC2)CCCCC1. The number of fused-ring (bicyclic) bond motifs is 1. The molecule has 27 heavy (non-hydrogen) atoms. The van der Waals surface area contributed by atoms with Crippen molar-refractivity contribution < 1.29 is 9.21 Å². The number of benzene rings is 1. The zero-order chi connectivity index (χ0) is 18.5. The normalized spacial score (nSPS) is 20.6. The third kappa shape index (κ3) is 4.49. The zero-order valence-corrected chi connectivity index (χ0v) is 16.7. The number of amides is 1. The number of thioether (sulfide) groups is 1. The van der Waals surface area contributed by atoms with E-state index in [4.69, 9.17) is 4.42 Å². The first-order chi connectivity index (χ1) is 13.3. The molecule has 4 rings (SSSR count). The highest BCUT2D eigenvalue weighted by Crippen LogP contribution is 2.35. The predicted molar refractivity (Wildman–Crippen MR) is 109 cm³/mol. The summed E-state index contributed by atoms with van der Waals surface area (Å²) in [6.07, 6.45) is 10.3. The molecule has 0 radical (unpaired) electrons. The number of nitrogens with one attached hydrogen (secondary N) is 1. The number of carbonyl (C=O) groups is 1. The number of hydrogen-bond acceptors (Lipinski definition) is 5. The van der Waals surface area contributed by atoms with E-state index in [2.05, 4.69) is 15.2 Å². The number of carbonyl (C=O) groups excluding carboxylic acids is 1. The first-order valence-electron chi connectivity index (χ1n) is 10.3. The molecule has 2 aliphatic rings. The number of rotatable bonds is 6. The van der Waals surface area contributed by atoms with Crippen LogP contribution in [-0.2, 0) is 4.79 Å². The summed E-state index contributed by atoms with van der Waals surface area (Å²) in [6, 6.07) is 7.70. The molecule has 1 aliphatic carbocycles. The van der Waals surface area contributed by atoms with Crippen molar-refractivity contribution in [1.29, 1.82) is 0 Å². The summed E-state index contributed by atoms with van der Waals surface area (Å²) in [5, 5.41) is 3.79. The second-order valence-electron chi connectivity index (χ2n) is 7.85. The van der Waals surface area contributed by atoms with Crippen molar-refractivity contribution in [2.75, 3.05) is 25.4 Å². The molecule has 6 heteroatoms. The standard InChI is InChI=1S/C21H29N3O2S/c25-19(15-27-20-23-17-9-3-4-10-18(17)26-20)22-16-21(11-5-1-6-12-21)24-13-7-2-8-14-24/h3-4,9-10H,1-2,5-8,11-16H2,(H,22,25). The summed E-state index contributed by atoms with van der Waals surface area (Å²) in [5.74, 6) is 0.423. The Labute approximate surface area is 165 Å². The van der Waals surface area contributed by atoms with Gasteiger partial charge in [-0.3, -0.25) is 9.69 Å². The van der Waals surface area contributed by atoms with Gasteiger partial charge in [-0.1, -0.05) is 49.6 Å². The first-order valence-corrected chi connectivity index (χ1v) is 11.2. The second kappa shape index (κ2) is 8.65. The van der Waals surface area contributed by atoms with Crippen molar-refractivity contribution in [2.45, 2.75) is 62.1 Å². The van der Waals surface area contributed by atoms with Crippen molar-refractivity contribution >= 4 is 28.8 Å². The average Bonchev–Trinajstić information content (AvgIpc) is 3.15. The lowest BCUT2D eigenvalue weighted by atomic mass is 9.79. The molecule has 0 bridgehead atoms. The minimum Gasteiger partial charge on any atom is -0.431 e. The van der Waals surface area contributed by atoms with Gasteiger partial charge in [-0.25, -0.2) is 4.98 Å². The van der Waals surface area contributed by atoms with Crippen molar-refractivity contribution in [3.05, 3.63) is 24.3 Å². The minimum absolute atomic E-state index is 0.0733. The molecule has 0 atom stereocenters. The van der Waals surface area contributed by atoms with Gasteiger partial charge in [0.05, 0.1) is 5.75 Å². The van der Waals surface area contributed by atoms with Gasteiger partial charge in [-0.15, -0.1) is 0 Å². The van der Waals surface area contributed by atoms with Crippen LogP contribution < -0.4 is 5.32 Å². The van der Waals surface area contributed by atoms with Crippen LogP contribution in [0.15, 0.2) is 33.9 Å². The van der Waals surface area contributed by atoms with Gasteiger partial charge in [0.1, 0.15) is 5.52 Å². The highest BCUT2D eigenvalue weighted by Gasteiger charge is 2.38. The molecule has 2 aromatic rings. The molecular formula is C21H29N3O2S. The summed E-state index contributed by atoms with van der Waals surface area (Å²) < 4.78 is 5.69. The average molecular weight is 388 g/mol. The third-order valence-electron chi connectivity index (χ3n) is 6.03. The highest BCUT2D eigenvalue weighted by atomic mass is 32.2. The fourth-order valence-corrected chi connectivity index (χ4v) is 5.21. The van der Waals surface area contributed by atoms with Gasteiger partial charge in [0.25, 0.3) is 5.22 Å². The number of hydrogen-bond donors (Lipinski definition) is 1. The summed E-state index contributed by atoms with van der Waals surface area (Å²) in [4.78, 5) is 19.6. The van der Waals surface area contributed by atoms with Crippen LogP contribution in [0.25, 0.3) is 11.1 Å². The number of para-hydroxylation sites is 2. The van der Waals surface area contributed by atoms with E-state index in [1.807, 2.05) is 24.3 Å². The van der Waals surface area contributed by atoms with Crippen LogP contribution in [0.2, 0.25) is 0 Å². The molecule has 0 spiro atoms. The molecular weight excluding hydrogens is 358 g/mol. The largest absolute Gasteiger partial charge is 0.431 e. The van der Waals surface area contributed by atoms with Gasteiger partial charge < -0.3 is 9.73 Å². The van der Waals surface area contributed by atoms with Gasteiger partial charge in [-0.05, 0) is 50.9 Å². The monoisotopic (exact) mass is 387 g/mol. The Bertz CT molecular complexity index is 731. The van der Waals surface area contributed by atoms with Crippen LogP contribution in [0.4, 0.5) is 0 Å². The zero-order valence-electron chi connectivity index (χ0n) is 15.9. The number of likely N-dealkylation sites (tertiary alicyclic amines) is 1. The van der Waals surface area contributed by atoms with Crippen LogP contribution in [0.1, 0.15) is 51.4 Å². The molecule has 5 nitrogen and oxygen atoms in total. The van der Waals surface area contributed by atoms with Crippen molar-refractivity contribution in [3.8, 4) is 0 Å². The Kier molecular flexibility index (Phi) is 6.03. The topological polar surface area (TPSA) is 58.4 Å². The fourth-order valence-electron chi connectivity index (χ4n) is 4.54. The van der Waals surface area contributed by atoms with E-state index >= 15 is 0 Å². The van der Waals surface area contributed by atoms with Crippen molar-refractivity contribution in [2.24, 2.45) is 0 Å². The molecule has 1 aromatic carbocycles. The lowest BCUT2D eigenvalue weighted by Crippen LogP contribution is -2.58. The molecule has 1 saturated heterocycles. The van der Waals surface area contributed by atoms with Crippen LogP contribution in [0, 0.1) is 0 Å². The van der Waals surface area contributed by atoms with Gasteiger partial charge in [0.15, 0.2) is 5.58 Å². The molecule has 2 fully saturated rings. The third-order valence-corrected chi connectivity index (χ3v) is 6.85. The van der Waals surface area contributed by atoms with Gasteiger partial charge in [-0.2, -0.15) is 0 Å². The van der Waals surface area contributed by atoms with E-state index < -0.39 is 0 Å². The predicted octanol–water partition coefficient (Wildman–Crippen LogP) is 4.22. The van der Waals surface area contributed by atoms with Gasteiger partial charge >= 0.3 is 0 Å². The van der Waals surface area contributed by atoms with E-state index in [0.29, 0.717) is 11.0 Å². The lowest BCUT2D eigenvalue weighted by molar-refractivity contribution is -0.119. The Balaban J connectivity index is 1.32. The quantitative estimate of drug-likeness (QED) is 0.752. The lowest BCUT2D eigenvalue weighted by Gasteiger charge is -2.48. The Morgan fingerprint density at radius 1 is 1.11 bits per heavy atom. The Morgan fingerprint density at radius 3 is 2.63 bits per heavy atom. The second-order valence-corrected chi connectivity index (χ2v) is 8.77. The summed E-state index contributed by atoms with van der Waals surface area (Å²) >= 11 is 1.37. The summed E-state index contributed by atoms with van der Waals surface area (Å²) in [5.41, 5.74) is 1.79. The number of piperidine rings is 1. The molecule has 1 N–H and O–H groups in total. The van der Waals surface area contributed by atoms with Crippen molar-refractivity contribution in [3.63, 3.8) is 0 Å². The summed E-state index contributed by atoms with van der Waals surface area (Å²) in [6.45, 7) is 3.15. The smallest absolute Gasteiger partial charge is 0.257 e. The Morgan fingerprint density at radius 2 is 1.85 bits per heavy atom.